The highest BCUT2D eigenvalue weighted by Crippen LogP contribution is 2.35. The molecule has 33 heavy (non-hydrogen) atoms. The van der Waals surface area contributed by atoms with Crippen molar-refractivity contribution in [3.63, 3.8) is 0 Å². The molecule has 1 aliphatic rings. The van der Waals surface area contributed by atoms with Gasteiger partial charge in [0.25, 0.3) is 5.89 Å². The number of amides is 1. The average molecular weight is 462 g/mol. The Labute approximate surface area is 188 Å². The molecule has 3 heterocycles. The molecule has 0 radical (unpaired) electrons. The molecule has 11 heteroatoms. The summed E-state index contributed by atoms with van der Waals surface area (Å²) in [5.41, 5.74) is 2.73. The van der Waals surface area contributed by atoms with Crippen LogP contribution in [0.2, 0.25) is 0 Å². The van der Waals surface area contributed by atoms with Crippen LogP contribution in [0.25, 0.3) is 22.5 Å². The van der Waals surface area contributed by atoms with Gasteiger partial charge in [0.1, 0.15) is 12.2 Å². The van der Waals surface area contributed by atoms with E-state index >= 15 is 0 Å². The molecule has 3 aromatic rings. The molecule has 0 bridgehead atoms. The molecule has 2 aromatic heterocycles. The van der Waals surface area contributed by atoms with Crippen molar-refractivity contribution in [2.24, 2.45) is 0 Å². The molecule has 1 amide bonds. The van der Waals surface area contributed by atoms with Crippen LogP contribution in [0.3, 0.4) is 0 Å². The molecule has 0 saturated carbocycles. The Balaban J connectivity index is 1.71. The van der Waals surface area contributed by atoms with Crippen LogP contribution in [-0.4, -0.2) is 46.4 Å². The maximum atomic E-state index is 12.7. The predicted molar refractivity (Wildman–Crippen MR) is 118 cm³/mol. The van der Waals surface area contributed by atoms with Gasteiger partial charge in [-0.2, -0.15) is 13.2 Å². The van der Waals surface area contributed by atoms with Gasteiger partial charge < -0.3 is 20.4 Å². The van der Waals surface area contributed by atoms with Gasteiger partial charge in [0.05, 0.1) is 11.6 Å². The fourth-order valence-corrected chi connectivity index (χ4v) is 3.74. The molecule has 0 spiro atoms. The van der Waals surface area contributed by atoms with Crippen molar-refractivity contribution in [3.8, 4) is 11.6 Å². The number of nitrogens with one attached hydrogen (secondary N) is 3. The van der Waals surface area contributed by atoms with Crippen LogP contribution in [-0.2, 0) is 10.2 Å². The highest BCUT2D eigenvalue weighted by atomic mass is 19.4. The van der Waals surface area contributed by atoms with E-state index in [4.69, 9.17) is 9.40 Å². The van der Waals surface area contributed by atoms with Gasteiger partial charge >= 0.3 is 12.2 Å². The molecular weight excluding hydrogens is 437 g/mol. The van der Waals surface area contributed by atoms with E-state index in [-0.39, 0.29) is 29.3 Å². The average Bonchev–Trinajstić information content (AvgIpc) is 3.34. The summed E-state index contributed by atoms with van der Waals surface area (Å²) in [6.07, 6.45) is -4.00. The minimum absolute atomic E-state index is 0.0436. The highest BCUT2D eigenvalue weighted by Gasteiger charge is 2.28. The minimum atomic E-state index is -4.32. The van der Waals surface area contributed by atoms with Crippen molar-refractivity contribution in [1.29, 1.82) is 0 Å². The van der Waals surface area contributed by atoms with Gasteiger partial charge in [0.2, 0.25) is 5.91 Å². The van der Waals surface area contributed by atoms with Gasteiger partial charge in [-0.25, -0.2) is 4.98 Å². The zero-order valence-corrected chi connectivity index (χ0v) is 18.7. The monoisotopic (exact) mass is 462 g/mol. The number of aromatic nitrogens is 3. The molecule has 1 aromatic carbocycles. The molecule has 1 unspecified atom stereocenters. The Morgan fingerprint density at radius 3 is 2.58 bits per heavy atom. The molecule has 8 nitrogen and oxygen atoms in total. The number of anilines is 2. The van der Waals surface area contributed by atoms with Crippen LogP contribution in [0.15, 0.2) is 22.6 Å². The van der Waals surface area contributed by atoms with Crippen LogP contribution >= 0.6 is 0 Å². The van der Waals surface area contributed by atoms with Crippen molar-refractivity contribution >= 4 is 28.5 Å². The number of fused-ring (bicyclic) bond motifs is 1. The summed E-state index contributed by atoms with van der Waals surface area (Å²) in [4.78, 5) is 16.1. The first-order valence-electron chi connectivity index (χ1n) is 10.5. The van der Waals surface area contributed by atoms with Gasteiger partial charge in [-0.1, -0.05) is 25.9 Å². The van der Waals surface area contributed by atoms with Gasteiger partial charge in [-0.15, -0.1) is 5.10 Å². The van der Waals surface area contributed by atoms with Gasteiger partial charge in [-0.3, -0.25) is 4.79 Å². The second-order valence-electron chi connectivity index (χ2n) is 9.22. The maximum Gasteiger partial charge on any atom is 0.405 e. The van der Waals surface area contributed by atoms with Crippen LogP contribution < -0.4 is 16.0 Å². The summed E-state index contributed by atoms with van der Waals surface area (Å²) in [6.45, 7) is 7.15. The summed E-state index contributed by atoms with van der Waals surface area (Å²) in [7, 11) is 0. The number of benzene rings is 1. The molecule has 0 aliphatic carbocycles. The number of halogens is 3. The van der Waals surface area contributed by atoms with Crippen molar-refractivity contribution in [2.45, 2.75) is 51.7 Å². The van der Waals surface area contributed by atoms with Crippen molar-refractivity contribution in [1.82, 2.24) is 20.5 Å². The number of hydrogen-bond acceptors (Lipinski definition) is 7. The summed E-state index contributed by atoms with van der Waals surface area (Å²) in [6, 6.07) is 5.20. The van der Waals surface area contributed by atoms with Crippen LogP contribution in [0.4, 0.5) is 24.9 Å². The number of aryl methyl sites for hydroxylation is 1. The van der Waals surface area contributed by atoms with E-state index in [0.717, 1.165) is 16.5 Å². The van der Waals surface area contributed by atoms with Crippen LogP contribution in [0.1, 0.15) is 38.3 Å². The first-order valence-corrected chi connectivity index (χ1v) is 10.5. The lowest BCUT2D eigenvalue weighted by Gasteiger charge is -2.23. The van der Waals surface area contributed by atoms with Crippen LogP contribution in [0.5, 0.6) is 0 Å². The maximum absolute atomic E-state index is 12.7. The Morgan fingerprint density at radius 2 is 1.94 bits per heavy atom. The smallest absolute Gasteiger partial charge is 0.402 e. The molecule has 1 atom stereocenters. The number of carbonyl (C=O) groups excluding carboxylic acids is 1. The Bertz CT molecular complexity index is 1200. The van der Waals surface area contributed by atoms with Gasteiger partial charge in [0, 0.05) is 24.0 Å². The fraction of sp³-hybridized carbons (Fsp3) is 0.455. The van der Waals surface area contributed by atoms with E-state index in [9.17, 15) is 18.0 Å². The lowest BCUT2D eigenvalue weighted by atomic mass is 9.84. The Kier molecular flexibility index (Phi) is 5.67. The van der Waals surface area contributed by atoms with E-state index in [0.29, 0.717) is 29.9 Å². The van der Waals surface area contributed by atoms with Crippen molar-refractivity contribution in [2.75, 3.05) is 23.7 Å². The summed E-state index contributed by atoms with van der Waals surface area (Å²) in [5.74, 6) is 0.164. The van der Waals surface area contributed by atoms with E-state index in [2.05, 4.69) is 26.1 Å². The number of alkyl halides is 3. The van der Waals surface area contributed by atoms with Gasteiger partial charge in [-0.05, 0) is 41.7 Å². The molecule has 3 N–H and O–H groups in total. The lowest BCUT2D eigenvalue weighted by molar-refractivity contribution is -0.119. The molecule has 1 saturated heterocycles. The standard InChI is InChI=1S/C22H25F3N6O2/c1-11-5-16(19-30-31-20(33-19)28-13-8-17(32)26-9-13)29-18-14(11)6-12(27-10-22(23,24)25)7-15(18)21(2,3)4/h5-7,13,27H,8-10H2,1-4H3,(H,26,32)(H,28,31). The zero-order valence-electron chi connectivity index (χ0n) is 18.7. The molecular formula is C22H25F3N6O2. The lowest BCUT2D eigenvalue weighted by Crippen LogP contribution is -2.22. The third-order valence-corrected chi connectivity index (χ3v) is 5.37. The van der Waals surface area contributed by atoms with E-state index in [1.165, 1.54) is 0 Å². The SMILES string of the molecule is Cc1cc(-c2nnc(NC3CNC(=O)C3)o2)nc2c(C(C)(C)C)cc(NCC(F)(F)F)cc12. The quantitative estimate of drug-likeness (QED) is 0.523. The van der Waals surface area contributed by atoms with Crippen molar-refractivity contribution in [3.05, 3.63) is 29.3 Å². The number of rotatable bonds is 5. The first kappa shape index (κ1) is 22.8. The fourth-order valence-electron chi connectivity index (χ4n) is 3.74. The molecule has 176 valence electrons. The normalized spacial score (nSPS) is 16.8. The summed E-state index contributed by atoms with van der Waals surface area (Å²) in [5, 5.41) is 17.0. The van der Waals surface area contributed by atoms with Gasteiger partial charge in [0.15, 0.2) is 0 Å². The van der Waals surface area contributed by atoms with E-state index in [1.807, 2.05) is 27.7 Å². The number of carbonyl (C=O) groups is 1. The second-order valence-corrected chi connectivity index (χ2v) is 9.22. The van der Waals surface area contributed by atoms with E-state index < -0.39 is 12.7 Å². The summed E-state index contributed by atoms with van der Waals surface area (Å²) >= 11 is 0. The predicted octanol–water partition coefficient (Wildman–Crippen LogP) is 4.17. The second kappa shape index (κ2) is 8.20. The number of nitrogens with zero attached hydrogens (tertiary/aromatic N) is 3. The zero-order chi connectivity index (χ0) is 24.0. The molecule has 1 aliphatic heterocycles. The van der Waals surface area contributed by atoms with Crippen LogP contribution in [0, 0.1) is 6.92 Å². The number of pyridine rings is 1. The number of hydrogen-bond donors (Lipinski definition) is 3. The minimum Gasteiger partial charge on any atom is -0.402 e. The highest BCUT2D eigenvalue weighted by molar-refractivity contribution is 5.90. The molecule has 1 fully saturated rings. The molecule has 4 rings (SSSR count). The Morgan fingerprint density at radius 1 is 1.18 bits per heavy atom. The topological polar surface area (TPSA) is 105 Å². The third kappa shape index (κ3) is 5.18. The Hall–Kier alpha value is -3.37. The first-order chi connectivity index (χ1) is 15.4. The van der Waals surface area contributed by atoms with Crippen molar-refractivity contribution < 1.29 is 22.4 Å². The summed E-state index contributed by atoms with van der Waals surface area (Å²) < 4.78 is 43.9. The largest absolute Gasteiger partial charge is 0.405 e. The third-order valence-electron chi connectivity index (χ3n) is 5.37. The van der Waals surface area contributed by atoms with E-state index in [1.54, 1.807) is 18.2 Å².